The van der Waals surface area contributed by atoms with Crippen LogP contribution >= 0.6 is 0 Å². The predicted octanol–water partition coefficient (Wildman–Crippen LogP) is 3.72. The number of hydrogen-bond acceptors (Lipinski definition) is 2. The monoisotopic (exact) mass is 261 g/mol. The Hall–Kier alpha value is -1.02. The first-order chi connectivity index (χ1) is 9.33. The summed E-state index contributed by atoms with van der Waals surface area (Å²) in [6.07, 6.45) is 7.44. The summed E-state index contributed by atoms with van der Waals surface area (Å²) < 4.78 is 5.54. The molecule has 1 aliphatic rings. The van der Waals surface area contributed by atoms with Crippen LogP contribution in [0.3, 0.4) is 0 Å². The predicted molar refractivity (Wildman–Crippen MR) is 81.0 cm³/mol. The van der Waals surface area contributed by atoms with Crippen LogP contribution in [0.15, 0.2) is 18.2 Å². The summed E-state index contributed by atoms with van der Waals surface area (Å²) in [4.78, 5) is 0. The third-order valence-electron chi connectivity index (χ3n) is 4.01. The van der Waals surface area contributed by atoms with Crippen LogP contribution < -0.4 is 10.1 Å². The second-order valence-corrected chi connectivity index (χ2v) is 5.45. The van der Waals surface area contributed by atoms with E-state index in [1.165, 1.54) is 43.2 Å². The van der Waals surface area contributed by atoms with E-state index in [0.29, 0.717) is 6.04 Å². The fourth-order valence-electron chi connectivity index (χ4n) is 2.85. The van der Waals surface area contributed by atoms with E-state index in [2.05, 4.69) is 37.4 Å². The molecule has 0 spiro atoms. The summed E-state index contributed by atoms with van der Waals surface area (Å²) in [5.74, 6) is 1.10. The number of benzene rings is 1. The summed E-state index contributed by atoms with van der Waals surface area (Å²) in [6.45, 7) is 6.41. The minimum absolute atomic E-state index is 0.707. The second kappa shape index (κ2) is 7.54. The standard InChI is InChI=1S/C17H27NO/c1-3-16(18-4-2)8-6-5-7-14-9-10-17-15(13-14)11-12-19-17/h9-10,13,16,18H,3-8,11-12H2,1-2H3. The Morgan fingerprint density at radius 2 is 2.16 bits per heavy atom. The zero-order valence-corrected chi connectivity index (χ0v) is 12.4. The number of nitrogens with one attached hydrogen (secondary N) is 1. The highest BCUT2D eigenvalue weighted by Gasteiger charge is 2.11. The lowest BCUT2D eigenvalue weighted by Crippen LogP contribution is -2.27. The van der Waals surface area contributed by atoms with Gasteiger partial charge < -0.3 is 10.1 Å². The topological polar surface area (TPSA) is 21.3 Å². The molecule has 0 aromatic heterocycles. The van der Waals surface area contributed by atoms with Crippen molar-refractivity contribution in [2.45, 2.75) is 58.4 Å². The summed E-state index contributed by atoms with van der Waals surface area (Å²) in [7, 11) is 0. The van der Waals surface area contributed by atoms with Gasteiger partial charge in [-0.05, 0) is 49.4 Å². The molecule has 1 aromatic carbocycles. The summed E-state index contributed by atoms with van der Waals surface area (Å²) >= 11 is 0. The second-order valence-electron chi connectivity index (χ2n) is 5.45. The molecule has 106 valence electrons. The van der Waals surface area contributed by atoms with Crippen LogP contribution in [0, 0.1) is 0 Å². The van der Waals surface area contributed by atoms with Crippen molar-refractivity contribution in [1.29, 1.82) is 0 Å². The van der Waals surface area contributed by atoms with Gasteiger partial charge in [-0.3, -0.25) is 0 Å². The van der Waals surface area contributed by atoms with Crippen LogP contribution in [-0.2, 0) is 12.8 Å². The first-order valence-electron chi connectivity index (χ1n) is 7.81. The third-order valence-corrected chi connectivity index (χ3v) is 4.01. The van der Waals surface area contributed by atoms with E-state index in [1.807, 2.05) is 0 Å². The Labute approximate surface area is 117 Å². The SMILES string of the molecule is CCNC(CC)CCCCc1ccc2c(c1)CCO2. The van der Waals surface area contributed by atoms with Crippen LogP contribution in [-0.4, -0.2) is 19.2 Å². The number of rotatable bonds is 8. The molecule has 2 nitrogen and oxygen atoms in total. The quantitative estimate of drug-likeness (QED) is 0.720. The van der Waals surface area contributed by atoms with Crippen molar-refractivity contribution in [1.82, 2.24) is 5.32 Å². The van der Waals surface area contributed by atoms with E-state index in [-0.39, 0.29) is 0 Å². The lowest BCUT2D eigenvalue weighted by molar-refractivity contribution is 0.357. The van der Waals surface area contributed by atoms with Gasteiger partial charge in [0.25, 0.3) is 0 Å². The molecule has 1 heterocycles. The smallest absolute Gasteiger partial charge is 0.122 e. The molecule has 19 heavy (non-hydrogen) atoms. The molecule has 2 rings (SSSR count). The Kier molecular flexibility index (Phi) is 5.71. The van der Waals surface area contributed by atoms with Gasteiger partial charge in [0.15, 0.2) is 0 Å². The number of unbranched alkanes of at least 4 members (excludes halogenated alkanes) is 1. The lowest BCUT2D eigenvalue weighted by Gasteiger charge is -2.15. The van der Waals surface area contributed by atoms with Gasteiger partial charge in [-0.1, -0.05) is 32.4 Å². The Morgan fingerprint density at radius 1 is 1.26 bits per heavy atom. The largest absolute Gasteiger partial charge is 0.493 e. The number of hydrogen-bond donors (Lipinski definition) is 1. The van der Waals surface area contributed by atoms with E-state index < -0.39 is 0 Å². The average molecular weight is 261 g/mol. The number of fused-ring (bicyclic) bond motifs is 1. The first-order valence-corrected chi connectivity index (χ1v) is 7.81. The maximum absolute atomic E-state index is 5.54. The average Bonchev–Trinajstić information content (AvgIpc) is 2.89. The highest BCUT2D eigenvalue weighted by molar-refractivity contribution is 5.39. The maximum Gasteiger partial charge on any atom is 0.122 e. The van der Waals surface area contributed by atoms with E-state index >= 15 is 0 Å². The van der Waals surface area contributed by atoms with E-state index in [1.54, 1.807) is 0 Å². The number of aryl methyl sites for hydroxylation is 1. The van der Waals surface area contributed by atoms with Gasteiger partial charge in [0.1, 0.15) is 5.75 Å². The van der Waals surface area contributed by atoms with Crippen molar-refractivity contribution in [2.75, 3.05) is 13.2 Å². The molecule has 1 N–H and O–H groups in total. The normalized spacial score (nSPS) is 15.1. The van der Waals surface area contributed by atoms with E-state index in [9.17, 15) is 0 Å². The Morgan fingerprint density at radius 3 is 2.95 bits per heavy atom. The molecule has 1 atom stereocenters. The first kappa shape index (κ1) is 14.4. The van der Waals surface area contributed by atoms with Gasteiger partial charge in [0, 0.05) is 12.5 Å². The maximum atomic E-state index is 5.54. The third kappa shape index (κ3) is 4.24. The molecule has 0 aliphatic carbocycles. The molecular weight excluding hydrogens is 234 g/mol. The van der Waals surface area contributed by atoms with E-state index in [0.717, 1.165) is 25.3 Å². The molecule has 0 bridgehead atoms. The highest BCUT2D eigenvalue weighted by atomic mass is 16.5. The van der Waals surface area contributed by atoms with Crippen molar-refractivity contribution < 1.29 is 4.74 Å². The lowest BCUT2D eigenvalue weighted by atomic mass is 10.0. The number of ether oxygens (including phenoxy) is 1. The molecular formula is C17H27NO. The molecule has 0 saturated heterocycles. The van der Waals surface area contributed by atoms with Gasteiger partial charge in [0.2, 0.25) is 0 Å². The van der Waals surface area contributed by atoms with Crippen LogP contribution in [0.5, 0.6) is 5.75 Å². The highest BCUT2D eigenvalue weighted by Crippen LogP contribution is 2.26. The van der Waals surface area contributed by atoms with Gasteiger partial charge in [0.05, 0.1) is 6.61 Å². The molecule has 0 radical (unpaired) electrons. The molecule has 1 aromatic rings. The van der Waals surface area contributed by atoms with Crippen LogP contribution in [0.1, 0.15) is 50.7 Å². The molecule has 0 fully saturated rings. The van der Waals surface area contributed by atoms with Crippen molar-refractivity contribution in [3.8, 4) is 5.75 Å². The van der Waals surface area contributed by atoms with Crippen molar-refractivity contribution >= 4 is 0 Å². The summed E-state index contributed by atoms with van der Waals surface area (Å²) in [5.41, 5.74) is 2.87. The zero-order chi connectivity index (χ0) is 13.5. The van der Waals surface area contributed by atoms with Gasteiger partial charge in [-0.15, -0.1) is 0 Å². The van der Waals surface area contributed by atoms with Gasteiger partial charge >= 0.3 is 0 Å². The molecule has 0 saturated carbocycles. The van der Waals surface area contributed by atoms with Crippen LogP contribution in [0.2, 0.25) is 0 Å². The van der Waals surface area contributed by atoms with Crippen molar-refractivity contribution in [2.24, 2.45) is 0 Å². The molecule has 1 aliphatic heterocycles. The Bertz CT molecular complexity index is 389. The summed E-state index contributed by atoms with van der Waals surface area (Å²) in [6, 6.07) is 7.42. The van der Waals surface area contributed by atoms with Crippen LogP contribution in [0.4, 0.5) is 0 Å². The van der Waals surface area contributed by atoms with Crippen molar-refractivity contribution in [3.05, 3.63) is 29.3 Å². The molecule has 0 amide bonds. The molecule has 1 unspecified atom stereocenters. The fourth-order valence-corrected chi connectivity index (χ4v) is 2.85. The van der Waals surface area contributed by atoms with Crippen LogP contribution in [0.25, 0.3) is 0 Å². The van der Waals surface area contributed by atoms with Crippen molar-refractivity contribution in [3.63, 3.8) is 0 Å². The zero-order valence-electron chi connectivity index (χ0n) is 12.4. The summed E-state index contributed by atoms with van der Waals surface area (Å²) in [5, 5.41) is 3.55. The van der Waals surface area contributed by atoms with E-state index in [4.69, 9.17) is 4.74 Å². The van der Waals surface area contributed by atoms with Gasteiger partial charge in [-0.25, -0.2) is 0 Å². The van der Waals surface area contributed by atoms with Gasteiger partial charge in [-0.2, -0.15) is 0 Å². The minimum Gasteiger partial charge on any atom is -0.493 e. The Balaban J connectivity index is 1.71. The minimum atomic E-state index is 0.707. The molecule has 2 heteroatoms. The fraction of sp³-hybridized carbons (Fsp3) is 0.647.